The molecular weight excluding hydrogens is 224 g/mol. The van der Waals surface area contributed by atoms with E-state index in [-0.39, 0.29) is 6.04 Å². The Hall–Kier alpha value is -1.68. The van der Waals surface area contributed by atoms with E-state index in [1.54, 1.807) is 6.20 Å². The molecule has 2 heterocycles. The number of aromatic nitrogens is 3. The largest absolute Gasteiger partial charge is 0.327 e. The highest BCUT2D eigenvalue weighted by atomic mass is 15.3. The normalized spacial score (nSPS) is 12.7. The Morgan fingerprint density at radius 3 is 2.78 bits per heavy atom. The first-order valence-electron chi connectivity index (χ1n) is 6.35. The average molecular weight is 244 g/mol. The second-order valence-electron chi connectivity index (χ2n) is 4.70. The number of pyridine rings is 1. The first kappa shape index (κ1) is 12.8. The van der Waals surface area contributed by atoms with Gasteiger partial charge in [0.1, 0.15) is 0 Å². The van der Waals surface area contributed by atoms with Crippen LogP contribution >= 0.6 is 0 Å². The van der Waals surface area contributed by atoms with Crippen molar-refractivity contribution in [1.82, 2.24) is 14.8 Å². The molecule has 96 valence electrons. The van der Waals surface area contributed by atoms with Crippen LogP contribution in [0.3, 0.4) is 0 Å². The van der Waals surface area contributed by atoms with Gasteiger partial charge in [0.15, 0.2) is 5.82 Å². The summed E-state index contributed by atoms with van der Waals surface area (Å²) in [5.74, 6) is 0.895. The number of aryl methyl sites for hydroxylation is 2. The Labute approximate surface area is 108 Å². The van der Waals surface area contributed by atoms with Crippen LogP contribution in [-0.4, -0.2) is 20.8 Å². The van der Waals surface area contributed by atoms with Crippen LogP contribution in [0.15, 0.2) is 24.4 Å². The number of nitrogens with two attached hydrogens (primary N) is 1. The standard InChI is InChI=1S/C14H20N4/c1-4-13(15)9-12-6-5-7-16-14(12)18-11(3)8-10(2)17-18/h5-8,13H,4,9,15H2,1-3H3. The molecule has 18 heavy (non-hydrogen) atoms. The molecule has 0 aliphatic carbocycles. The molecule has 0 saturated heterocycles. The van der Waals surface area contributed by atoms with Crippen molar-refractivity contribution in [3.8, 4) is 5.82 Å². The van der Waals surface area contributed by atoms with E-state index in [0.29, 0.717) is 0 Å². The monoisotopic (exact) mass is 244 g/mol. The van der Waals surface area contributed by atoms with Crippen molar-refractivity contribution >= 4 is 0 Å². The van der Waals surface area contributed by atoms with Crippen molar-refractivity contribution in [3.05, 3.63) is 41.3 Å². The Bertz CT molecular complexity index is 530. The summed E-state index contributed by atoms with van der Waals surface area (Å²) in [5.41, 5.74) is 9.29. The van der Waals surface area contributed by atoms with Crippen molar-refractivity contribution in [1.29, 1.82) is 0 Å². The van der Waals surface area contributed by atoms with Crippen LogP contribution in [-0.2, 0) is 6.42 Å². The van der Waals surface area contributed by atoms with Crippen molar-refractivity contribution in [2.45, 2.75) is 39.7 Å². The van der Waals surface area contributed by atoms with Gasteiger partial charge in [0.05, 0.1) is 5.69 Å². The fourth-order valence-corrected chi connectivity index (χ4v) is 2.05. The maximum absolute atomic E-state index is 6.04. The van der Waals surface area contributed by atoms with Crippen LogP contribution < -0.4 is 5.73 Å². The lowest BCUT2D eigenvalue weighted by molar-refractivity contribution is 0.638. The van der Waals surface area contributed by atoms with E-state index in [1.165, 1.54) is 0 Å². The van der Waals surface area contributed by atoms with Crippen LogP contribution in [0.1, 0.15) is 30.3 Å². The molecule has 4 heteroatoms. The molecule has 4 nitrogen and oxygen atoms in total. The SMILES string of the molecule is CCC(N)Cc1cccnc1-n1nc(C)cc1C. The maximum atomic E-state index is 6.04. The van der Waals surface area contributed by atoms with Gasteiger partial charge in [0.2, 0.25) is 0 Å². The molecule has 2 aromatic heterocycles. The van der Waals surface area contributed by atoms with E-state index in [9.17, 15) is 0 Å². The minimum atomic E-state index is 0.171. The zero-order valence-electron chi connectivity index (χ0n) is 11.2. The molecular formula is C14H20N4. The van der Waals surface area contributed by atoms with Gasteiger partial charge in [0.25, 0.3) is 0 Å². The van der Waals surface area contributed by atoms with Gasteiger partial charge in [0, 0.05) is 17.9 Å². The van der Waals surface area contributed by atoms with Gasteiger partial charge < -0.3 is 5.73 Å². The third kappa shape index (κ3) is 2.59. The van der Waals surface area contributed by atoms with E-state index in [4.69, 9.17) is 5.73 Å². The van der Waals surface area contributed by atoms with Crippen LogP contribution in [0.25, 0.3) is 5.82 Å². The van der Waals surface area contributed by atoms with E-state index in [0.717, 1.165) is 35.6 Å². The molecule has 0 aromatic carbocycles. The minimum absolute atomic E-state index is 0.171. The molecule has 0 bridgehead atoms. The van der Waals surface area contributed by atoms with Gasteiger partial charge in [-0.1, -0.05) is 13.0 Å². The highest BCUT2D eigenvalue weighted by Crippen LogP contribution is 2.16. The van der Waals surface area contributed by atoms with E-state index in [2.05, 4.69) is 29.1 Å². The smallest absolute Gasteiger partial charge is 0.156 e. The fourth-order valence-electron chi connectivity index (χ4n) is 2.05. The predicted octanol–water partition coefficient (Wildman–Crippen LogP) is 2.16. The molecule has 0 fully saturated rings. The number of hydrogen-bond acceptors (Lipinski definition) is 3. The van der Waals surface area contributed by atoms with E-state index < -0.39 is 0 Å². The Morgan fingerprint density at radius 2 is 2.17 bits per heavy atom. The Kier molecular flexibility index (Phi) is 3.77. The molecule has 2 aromatic rings. The van der Waals surface area contributed by atoms with Gasteiger partial charge in [-0.2, -0.15) is 5.10 Å². The molecule has 2 rings (SSSR count). The van der Waals surface area contributed by atoms with Crippen LogP contribution in [0.5, 0.6) is 0 Å². The topological polar surface area (TPSA) is 56.7 Å². The van der Waals surface area contributed by atoms with Crippen LogP contribution in [0, 0.1) is 13.8 Å². The molecule has 1 unspecified atom stereocenters. The fraction of sp³-hybridized carbons (Fsp3) is 0.429. The summed E-state index contributed by atoms with van der Waals surface area (Å²) < 4.78 is 1.90. The second kappa shape index (κ2) is 5.31. The third-order valence-corrected chi connectivity index (χ3v) is 3.08. The molecule has 2 N–H and O–H groups in total. The van der Waals surface area contributed by atoms with Crippen molar-refractivity contribution in [3.63, 3.8) is 0 Å². The first-order valence-corrected chi connectivity index (χ1v) is 6.35. The van der Waals surface area contributed by atoms with Crippen molar-refractivity contribution < 1.29 is 0 Å². The quantitative estimate of drug-likeness (QED) is 0.896. The van der Waals surface area contributed by atoms with Gasteiger partial charge >= 0.3 is 0 Å². The molecule has 0 spiro atoms. The lowest BCUT2D eigenvalue weighted by Gasteiger charge is -2.13. The Balaban J connectivity index is 2.41. The third-order valence-electron chi connectivity index (χ3n) is 3.08. The highest BCUT2D eigenvalue weighted by Gasteiger charge is 2.12. The predicted molar refractivity (Wildman–Crippen MR) is 72.8 cm³/mol. The van der Waals surface area contributed by atoms with E-state index in [1.807, 2.05) is 24.6 Å². The average Bonchev–Trinajstić information content (AvgIpc) is 2.69. The number of nitrogens with zero attached hydrogens (tertiary/aromatic N) is 3. The zero-order valence-corrected chi connectivity index (χ0v) is 11.2. The Morgan fingerprint density at radius 1 is 1.39 bits per heavy atom. The minimum Gasteiger partial charge on any atom is -0.327 e. The summed E-state index contributed by atoms with van der Waals surface area (Å²) >= 11 is 0. The second-order valence-corrected chi connectivity index (χ2v) is 4.70. The van der Waals surface area contributed by atoms with Gasteiger partial charge in [-0.25, -0.2) is 9.67 Å². The zero-order chi connectivity index (χ0) is 13.1. The molecule has 0 aliphatic heterocycles. The summed E-state index contributed by atoms with van der Waals surface area (Å²) in [5, 5.41) is 4.49. The summed E-state index contributed by atoms with van der Waals surface area (Å²) in [7, 11) is 0. The highest BCUT2D eigenvalue weighted by molar-refractivity contribution is 5.35. The van der Waals surface area contributed by atoms with E-state index >= 15 is 0 Å². The van der Waals surface area contributed by atoms with Crippen molar-refractivity contribution in [2.24, 2.45) is 5.73 Å². The first-order chi connectivity index (χ1) is 8.61. The number of hydrogen-bond donors (Lipinski definition) is 1. The summed E-state index contributed by atoms with van der Waals surface area (Å²) in [4.78, 5) is 4.46. The summed E-state index contributed by atoms with van der Waals surface area (Å²) in [6, 6.07) is 6.25. The van der Waals surface area contributed by atoms with Gasteiger partial charge in [-0.3, -0.25) is 0 Å². The molecule has 0 radical (unpaired) electrons. The summed E-state index contributed by atoms with van der Waals surface area (Å²) in [6.07, 6.45) is 3.59. The maximum Gasteiger partial charge on any atom is 0.156 e. The molecule has 0 saturated carbocycles. The lowest BCUT2D eigenvalue weighted by atomic mass is 10.1. The summed E-state index contributed by atoms with van der Waals surface area (Å²) in [6.45, 7) is 6.13. The van der Waals surface area contributed by atoms with Crippen LogP contribution in [0.4, 0.5) is 0 Å². The molecule has 1 atom stereocenters. The molecule has 0 amide bonds. The lowest BCUT2D eigenvalue weighted by Crippen LogP contribution is -2.22. The van der Waals surface area contributed by atoms with Crippen molar-refractivity contribution in [2.75, 3.05) is 0 Å². The molecule has 0 aliphatic rings. The van der Waals surface area contributed by atoms with Gasteiger partial charge in [-0.15, -0.1) is 0 Å². The number of rotatable bonds is 4. The van der Waals surface area contributed by atoms with Gasteiger partial charge in [-0.05, 0) is 44.4 Å². The van der Waals surface area contributed by atoms with Crippen LogP contribution in [0.2, 0.25) is 0 Å².